The lowest BCUT2D eigenvalue weighted by molar-refractivity contribution is 0.0165. The third-order valence-corrected chi connectivity index (χ3v) is 6.64. The Kier molecular flexibility index (Phi) is 6.50. The van der Waals surface area contributed by atoms with Crippen molar-refractivity contribution in [1.82, 2.24) is 14.8 Å². The second-order valence-electron chi connectivity index (χ2n) is 7.44. The molecule has 4 rings (SSSR count). The molecule has 13 heteroatoms. The fraction of sp³-hybridized carbons (Fsp3) is 0.286. The third kappa shape index (κ3) is 4.58. The van der Waals surface area contributed by atoms with Crippen molar-refractivity contribution < 1.29 is 27.6 Å². The Bertz CT molecular complexity index is 1370. The number of pyridine rings is 1. The van der Waals surface area contributed by atoms with Crippen LogP contribution in [0.15, 0.2) is 45.9 Å². The Labute approximate surface area is 195 Å². The average molecular weight is 491 g/mol. The van der Waals surface area contributed by atoms with Gasteiger partial charge in [-0.15, -0.1) is 4.36 Å². The van der Waals surface area contributed by atoms with E-state index in [9.17, 15) is 13.4 Å². The van der Waals surface area contributed by atoms with Crippen molar-refractivity contribution >= 4 is 21.6 Å². The topological polar surface area (TPSA) is 143 Å². The summed E-state index contributed by atoms with van der Waals surface area (Å²) in [5, 5.41) is 12.5. The molecular weight excluding hydrogens is 467 g/mol. The fourth-order valence-corrected chi connectivity index (χ4v) is 4.47. The third-order valence-electron chi connectivity index (χ3n) is 5.29. The molecule has 0 saturated carbocycles. The van der Waals surface area contributed by atoms with Gasteiger partial charge in [-0.05, 0) is 30.7 Å². The molecule has 3 heterocycles. The van der Waals surface area contributed by atoms with Crippen molar-refractivity contribution in [1.29, 1.82) is 0 Å². The number of ether oxygens (including phenoxy) is 3. The largest absolute Gasteiger partial charge is 0.481 e. The maximum absolute atomic E-state index is 14.3. The van der Waals surface area contributed by atoms with Crippen LogP contribution in [0.25, 0.3) is 11.1 Å². The van der Waals surface area contributed by atoms with Gasteiger partial charge in [0.1, 0.15) is 23.4 Å². The number of carbonyl (C=O) groups is 1. The first-order chi connectivity index (χ1) is 16.2. The zero-order valence-corrected chi connectivity index (χ0v) is 19.5. The number of fused-ring (bicyclic) bond motifs is 1. The molecule has 0 bridgehead atoms. The fourth-order valence-electron chi connectivity index (χ4n) is 3.47. The molecule has 34 heavy (non-hydrogen) atoms. The molecule has 0 unspecified atom stereocenters. The number of nitrogens with one attached hydrogen (secondary N) is 1. The van der Waals surface area contributed by atoms with Gasteiger partial charge in [-0.3, -0.25) is 0 Å². The molecule has 2 amide bonds. The molecule has 11 nitrogen and oxygen atoms in total. The van der Waals surface area contributed by atoms with Crippen LogP contribution < -0.4 is 19.9 Å². The smallest absolute Gasteiger partial charge is 0.354 e. The van der Waals surface area contributed by atoms with E-state index in [0.717, 1.165) is 0 Å². The van der Waals surface area contributed by atoms with Gasteiger partial charge in [-0.2, -0.15) is 5.10 Å². The molecule has 1 aromatic carbocycles. The van der Waals surface area contributed by atoms with Crippen LogP contribution in [0.3, 0.4) is 0 Å². The van der Waals surface area contributed by atoms with Gasteiger partial charge in [0.15, 0.2) is 9.92 Å². The first kappa shape index (κ1) is 23.6. The van der Waals surface area contributed by atoms with E-state index in [1.165, 1.54) is 43.2 Å². The molecule has 0 radical (unpaired) electrons. The van der Waals surface area contributed by atoms with Gasteiger partial charge in [0.25, 0.3) is 0 Å². The van der Waals surface area contributed by atoms with Crippen LogP contribution in [0.2, 0.25) is 0 Å². The van der Waals surface area contributed by atoms with Gasteiger partial charge in [0.2, 0.25) is 11.8 Å². The number of benzene rings is 1. The number of hydrogen-bond acceptors (Lipinski definition) is 7. The monoisotopic (exact) mass is 490 g/mol. The number of hydrogen-bond donors (Lipinski definition) is 2. The van der Waals surface area contributed by atoms with E-state index in [2.05, 4.69) is 19.8 Å². The summed E-state index contributed by atoms with van der Waals surface area (Å²) < 4.78 is 48.6. The first-order valence-corrected chi connectivity index (χ1v) is 11.7. The quantitative estimate of drug-likeness (QED) is 0.560. The summed E-state index contributed by atoms with van der Waals surface area (Å²) in [5.74, 6) is -0.0441. The van der Waals surface area contributed by atoms with Crippen molar-refractivity contribution in [3.63, 3.8) is 0 Å². The van der Waals surface area contributed by atoms with Crippen molar-refractivity contribution in [3.8, 4) is 22.9 Å². The minimum Gasteiger partial charge on any atom is -0.481 e. The van der Waals surface area contributed by atoms with Gasteiger partial charge < -0.3 is 19.5 Å². The molecule has 2 atom stereocenters. The summed E-state index contributed by atoms with van der Waals surface area (Å²) in [6.07, 6.45) is 2.54. The van der Waals surface area contributed by atoms with E-state index in [-0.39, 0.29) is 34.7 Å². The number of anilines is 1. The SMILES string of the molecule is COc1cc(-c2ccc(F)c(C)c2NC(=O)N=[S@@](N)(=O)c2cnn3c2OC[C@@H](OC)C3)ccn1. The molecule has 0 saturated heterocycles. The highest BCUT2D eigenvalue weighted by Crippen LogP contribution is 2.34. The van der Waals surface area contributed by atoms with Crippen LogP contribution >= 0.6 is 0 Å². The normalized spacial score (nSPS) is 16.7. The second kappa shape index (κ2) is 9.37. The standard InChI is InChI=1S/C21H23FN6O5S/c1-12-16(22)5-4-15(13-6-7-24-18(8-13)32-3)19(12)26-21(29)27-34(23,30)17-9-25-28-10-14(31-2)11-33-20(17)28/h4-9,14H,10-11H2,1-3H3,(H3,23,26,27,29,30)/t14-,34+/m0/s1. The average Bonchev–Trinajstić information content (AvgIpc) is 3.26. The number of methoxy groups -OCH3 is 2. The highest BCUT2D eigenvalue weighted by Gasteiger charge is 2.28. The summed E-state index contributed by atoms with van der Waals surface area (Å²) in [7, 11) is -0.713. The molecule has 0 aliphatic carbocycles. The summed E-state index contributed by atoms with van der Waals surface area (Å²) in [6.45, 7) is 2.08. The number of nitrogens with zero attached hydrogens (tertiary/aromatic N) is 4. The van der Waals surface area contributed by atoms with E-state index < -0.39 is 21.8 Å². The molecule has 0 fully saturated rings. The number of aromatic nitrogens is 3. The Hall–Kier alpha value is -3.55. The van der Waals surface area contributed by atoms with Crippen LogP contribution in [-0.4, -0.2) is 51.9 Å². The van der Waals surface area contributed by atoms with E-state index in [4.69, 9.17) is 19.3 Å². The molecule has 1 aliphatic rings. The Morgan fingerprint density at radius 1 is 1.38 bits per heavy atom. The lowest BCUT2D eigenvalue weighted by Gasteiger charge is -2.23. The van der Waals surface area contributed by atoms with Crippen molar-refractivity contribution in [3.05, 3.63) is 48.0 Å². The van der Waals surface area contributed by atoms with E-state index in [0.29, 0.717) is 23.6 Å². The number of nitrogens with two attached hydrogens (primary N) is 1. The first-order valence-electron chi connectivity index (χ1n) is 10.1. The van der Waals surface area contributed by atoms with Crippen molar-refractivity contribution in [2.24, 2.45) is 9.50 Å². The van der Waals surface area contributed by atoms with Crippen molar-refractivity contribution in [2.45, 2.75) is 24.5 Å². The summed E-state index contributed by atoms with van der Waals surface area (Å²) in [6, 6.07) is 5.07. The minimum atomic E-state index is -3.72. The number of amides is 2. The second-order valence-corrected chi connectivity index (χ2v) is 9.20. The molecular formula is C21H23FN6O5S. The molecule has 3 N–H and O–H groups in total. The van der Waals surface area contributed by atoms with Crippen LogP contribution in [0, 0.1) is 12.7 Å². The zero-order chi connectivity index (χ0) is 24.5. The predicted octanol–water partition coefficient (Wildman–Crippen LogP) is 2.74. The van der Waals surface area contributed by atoms with E-state index >= 15 is 0 Å². The summed E-state index contributed by atoms with van der Waals surface area (Å²) in [5.41, 5.74) is 1.42. The van der Waals surface area contributed by atoms with Gasteiger partial charge in [0.05, 0.1) is 25.5 Å². The van der Waals surface area contributed by atoms with Crippen molar-refractivity contribution in [2.75, 3.05) is 26.1 Å². The van der Waals surface area contributed by atoms with Gasteiger partial charge in [-0.1, -0.05) is 0 Å². The minimum absolute atomic E-state index is 0.0211. The maximum Gasteiger partial charge on any atom is 0.354 e. The van der Waals surface area contributed by atoms with Crippen LogP contribution in [-0.2, 0) is 21.2 Å². The van der Waals surface area contributed by atoms with Gasteiger partial charge >= 0.3 is 6.03 Å². The highest BCUT2D eigenvalue weighted by molar-refractivity contribution is 7.91. The number of carbonyl (C=O) groups excluding carboxylic acids is 1. The van der Waals surface area contributed by atoms with E-state index in [1.54, 1.807) is 19.2 Å². The number of rotatable bonds is 5. The molecule has 0 spiro atoms. The molecule has 1 aliphatic heterocycles. The molecule has 3 aromatic rings. The van der Waals surface area contributed by atoms with Crippen LogP contribution in [0.4, 0.5) is 14.9 Å². The maximum atomic E-state index is 14.3. The Balaban J connectivity index is 1.68. The Morgan fingerprint density at radius 2 is 2.18 bits per heavy atom. The molecule has 2 aromatic heterocycles. The highest BCUT2D eigenvalue weighted by atomic mass is 32.2. The lowest BCUT2D eigenvalue weighted by atomic mass is 10.0. The lowest BCUT2D eigenvalue weighted by Crippen LogP contribution is -2.32. The summed E-state index contributed by atoms with van der Waals surface area (Å²) >= 11 is 0. The predicted molar refractivity (Wildman–Crippen MR) is 121 cm³/mol. The number of urea groups is 1. The van der Waals surface area contributed by atoms with E-state index in [1.807, 2.05) is 0 Å². The number of halogens is 1. The Morgan fingerprint density at radius 3 is 2.91 bits per heavy atom. The van der Waals surface area contributed by atoms with Crippen LogP contribution in [0.1, 0.15) is 5.56 Å². The van der Waals surface area contributed by atoms with Gasteiger partial charge in [-0.25, -0.2) is 28.2 Å². The molecule has 180 valence electrons. The zero-order valence-electron chi connectivity index (χ0n) is 18.6. The van der Waals surface area contributed by atoms with Gasteiger partial charge in [0, 0.05) is 30.5 Å². The summed E-state index contributed by atoms with van der Waals surface area (Å²) in [4.78, 5) is 16.8. The van der Waals surface area contributed by atoms with Crippen LogP contribution in [0.5, 0.6) is 11.8 Å².